The Kier molecular flexibility index (Phi) is 5.43. The molecule has 2 aromatic heterocycles. The summed E-state index contributed by atoms with van der Waals surface area (Å²) in [7, 11) is 1.55. The van der Waals surface area contributed by atoms with Crippen molar-refractivity contribution in [3.63, 3.8) is 0 Å². The van der Waals surface area contributed by atoms with E-state index in [9.17, 15) is 14.4 Å². The van der Waals surface area contributed by atoms with Gasteiger partial charge in [-0.1, -0.05) is 32.4 Å². The number of hydrogen-bond donors (Lipinski definition) is 1. The van der Waals surface area contributed by atoms with Crippen molar-refractivity contribution in [1.82, 2.24) is 18.7 Å². The zero-order chi connectivity index (χ0) is 22.3. The van der Waals surface area contributed by atoms with Gasteiger partial charge in [-0.05, 0) is 36.5 Å². The van der Waals surface area contributed by atoms with E-state index < -0.39 is 23.7 Å². The van der Waals surface area contributed by atoms with Gasteiger partial charge in [0.05, 0.1) is 0 Å². The summed E-state index contributed by atoms with van der Waals surface area (Å²) in [5.74, 6) is 0.138. The predicted molar refractivity (Wildman–Crippen MR) is 120 cm³/mol. The summed E-state index contributed by atoms with van der Waals surface area (Å²) in [5.41, 5.74) is 7.02. The van der Waals surface area contributed by atoms with Crippen LogP contribution in [0.15, 0.2) is 33.9 Å². The van der Waals surface area contributed by atoms with Crippen molar-refractivity contribution in [3.8, 4) is 0 Å². The summed E-state index contributed by atoms with van der Waals surface area (Å²) in [5, 5.41) is 0. The quantitative estimate of drug-likeness (QED) is 0.645. The second kappa shape index (κ2) is 8.05. The van der Waals surface area contributed by atoms with Crippen molar-refractivity contribution >= 4 is 28.7 Å². The topological polar surface area (TPSA) is 108 Å². The highest BCUT2D eigenvalue weighted by atomic mass is 16.2. The molecule has 0 fully saturated rings. The highest BCUT2D eigenvalue weighted by Gasteiger charge is 2.30. The molecule has 0 bridgehead atoms. The van der Waals surface area contributed by atoms with Crippen molar-refractivity contribution in [3.05, 3.63) is 50.7 Å². The lowest BCUT2D eigenvalue weighted by Gasteiger charge is -2.33. The Morgan fingerprint density at radius 1 is 1.19 bits per heavy atom. The first-order valence-electron chi connectivity index (χ1n) is 10.7. The van der Waals surface area contributed by atoms with Crippen LogP contribution in [0.1, 0.15) is 32.3 Å². The van der Waals surface area contributed by atoms with Crippen LogP contribution >= 0.6 is 0 Å². The molecular formula is C22H28N6O3. The molecule has 0 unspecified atom stereocenters. The molecule has 2 N–H and O–H groups in total. The minimum Gasteiger partial charge on any atom is -0.368 e. The van der Waals surface area contributed by atoms with Crippen LogP contribution < -0.4 is 21.9 Å². The molecule has 3 heterocycles. The number of rotatable bonds is 6. The number of aryl methyl sites for hydroxylation is 2. The molecule has 0 saturated heterocycles. The number of primary amides is 1. The molecule has 1 aliphatic heterocycles. The first-order chi connectivity index (χ1) is 14.8. The third-order valence-electron chi connectivity index (χ3n) is 5.82. The minimum atomic E-state index is -0.741. The van der Waals surface area contributed by atoms with Crippen molar-refractivity contribution in [2.45, 2.75) is 46.2 Å². The summed E-state index contributed by atoms with van der Waals surface area (Å²) in [6.45, 7) is 5.18. The van der Waals surface area contributed by atoms with Gasteiger partial charge < -0.3 is 15.2 Å². The van der Waals surface area contributed by atoms with E-state index in [0.717, 1.165) is 36.1 Å². The van der Waals surface area contributed by atoms with Crippen LogP contribution in [0.3, 0.4) is 0 Å². The fourth-order valence-electron chi connectivity index (χ4n) is 4.24. The standard InChI is InChI=1S/C22H28N6O3/c1-4-5-6-15-7-9-16(10-8-15)26-11-14(2)12-27-18-19(24-21(26)27)25(3)22(31)28(20(18)30)13-17(23)29/h7-10,14H,4-6,11-13H2,1-3H3,(H2,23,29)/t14-/m0/s1. The number of hydrogen-bond acceptors (Lipinski definition) is 5. The van der Waals surface area contributed by atoms with Crippen LogP contribution in [0.5, 0.6) is 0 Å². The zero-order valence-corrected chi connectivity index (χ0v) is 18.2. The van der Waals surface area contributed by atoms with Gasteiger partial charge >= 0.3 is 5.69 Å². The maximum atomic E-state index is 13.1. The largest absolute Gasteiger partial charge is 0.368 e. The fraction of sp³-hybridized carbons (Fsp3) is 0.455. The van der Waals surface area contributed by atoms with Crippen molar-refractivity contribution in [1.29, 1.82) is 0 Å². The van der Waals surface area contributed by atoms with Gasteiger partial charge in [-0.15, -0.1) is 0 Å². The van der Waals surface area contributed by atoms with Crippen molar-refractivity contribution < 1.29 is 4.79 Å². The van der Waals surface area contributed by atoms with Gasteiger partial charge in [-0.25, -0.2) is 9.36 Å². The number of nitrogens with two attached hydrogens (primary N) is 1. The molecule has 31 heavy (non-hydrogen) atoms. The lowest BCUT2D eigenvalue weighted by molar-refractivity contribution is -0.118. The normalized spacial score (nSPS) is 16.0. The first kappa shape index (κ1) is 20.9. The lowest BCUT2D eigenvalue weighted by Crippen LogP contribution is -2.43. The molecule has 1 amide bonds. The van der Waals surface area contributed by atoms with Crippen LogP contribution in [0.4, 0.5) is 11.6 Å². The Labute approximate surface area is 179 Å². The summed E-state index contributed by atoms with van der Waals surface area (Å²) < 4.78 is 4.04. The van der Waals surface area contributed by atoms with E-state index in [0.29, 0.717) is 23.7 Å². The predicted octanol–water partition coefficient (Wildman–Crippen LogP) is 1.51. The Morgan fingerprint density at radius 3 is 2.55 bits per heavy atom. The minimum absolute atomic E-state index is 0.255. The molecule has 4 rings (SSSR count). The van der Waals surface area contributed by atoms with Crippen LogP contribution in [-0.2, 0) is 31.4 Å². The highest BCUT2D eigenvalue weighted by molar-refractivity contribution is 5.78. The van der Waals surface area contributed by atoms with Crippen molar-refractivity contribution in [2.24, 2.45) is 18.7 Å². The van der Waals surface area contributed by atoms with E-state index >= 15 is 0 Å². The maximum Gasteiger partial charge on any atom is 0.332 e. The van der Waals surface area contributed by atoms with E-state index in [1.54, 1.807) is 7.05 Å². The number of carbonyl (C=O) groups is 1. The number of nitrogens with zero attached hydrogens (tertiary/aromatic N) is 5. The molecule has 3 aromatic rings. The molecule has 0 spiro atoms. The average Bonchev–Trinajstić information content (AvgIpc) is 3.13. The molecule has 1 aliphatic rings. The smallest absolute Gasteiger partial charge is 0.332 e. The third-order valence-corrected chi connectivity index (χ3v) is 5.82. The second-order valence-electron chi connectivity index (χ2n) is 8.38. The molecule has 0 radical (unpaired) electrons. The van der Waals surface area contributed by atoms with Gasteiger partial charge in [0.1, 0.15) is 6.54 Å². The Bertz CT molecular complexity index is 1250. The number of fused-ring (bicyclic) bond motifs is 3. The molecular weight excluding hydrogens is 396 g/mol. The van der Waals surface area contributed by atoms with Gasteiger partial charge in [0, 0.05) is 25.8 Å². The second-order valence-corrected chi connectivity index (χ2v) is 8.38. The monoisotopic (exact) mass is 424 g/mol. The Hall–Kier alpha value is -3.36. The first-order valence-corrected chi connectivity index (χ1v) is 10.7. The van der Waals surface area contributed by atoms with E-state index in [1.165, 1.54) is 10.1 Å². The highest BCUT2D eigenvalue weighted by Crippen LogP contribution is 2.33. The molecule has 0 saturated carbocycles. The molecule has 9 nitrogen and oxygen atoms in total. The number of carbonyl (C=O) groups excluding carboxylic acids is 1. The fourth-order valence-corrected chi connectivity index (χ4v) is 4.24. The molecule has 1 aromatic carbocycles. The molecule has 164 valence electrons. The number of benzene rings is 1. The van der Waals surface area contributed by atoms with Gasteiger partial charge in [0.15, 0.2) is 11.2 Å². The van der Waals surface area contributed by atoms with Crippen molar-refractivity contribution in [2.75, 3.05) is 11.4 Å². The Morgan fingerprint density at radius 2 is 1.90 bits per heavy atom. The van der Waals surface area contributed by atoms with E-state index in [-0.39, 0.29) is 5.92 Å². The van der Waals surface area contributed by atoms with Crippen LogP contribution in [0, 0.1) is 5.92 Å². The summed E-state index contributed by atoms with van der Waals surface area (Å²) >= 11 is 0. The van der Waals surface area contributed by atoms with E-state index in [2.05, 4.69) is 48.0 Å². The molecule has 1 atom stereocenters. The van der Waals surface area contributed by atoms with Crippen LogP contribution in [-0.4, -0.2) is 31.1 Å². The molecule has 0 aliphatic carbocycles. The maximum absolute atomic E-state index is 13.1. The summed E-state index contributed by atoms with van der Waals surface area (Å²) in [4.78, 5) is 44.0. The third kappa shape index (κ3) is 3.64. The number of unbranched alkanes of at least 4 members (excludes halogenated alkanes) is 1. The number of anilines is 2. The van der Waals surface area contributed by atoms with E-state index in [1.807, 2.05) is 4.57 Å². The lowest BCUT2D eigenvalue weighted by atomic mass is 10.1. The summed E-state index contributed by atoms with van der Waals surface area (Å²) in [6, 6.07) is 8.42. The van der Waals surface area contributed by atoms with E-state index in [4.69, 9.17) is 5.73 Å². The van der Waals surface area contributed by atoms with Gasteiger partial charge in [-0.2, -0.15) is 4.98 Å². The number of aromatic nitrogens is 4. The van der Waals surface area contributed by atoms with Crippen LogP contribution in [0.25, 0.3) is 11.2 Å². The van der Waals surface area contributed by atoms with Gasteiger partial charge in [0.2, 0.25) is 11.9 Å². The molecule has 9 heteroatoms. The van der Waals surface area contributed by atoms with Gasteiger partial charge in [0.25, 0.3) is 5.56 Å². The summed E-state index contributed by atoms with van der Waals surface area (Å²) in [6.07, 6.45) is 3.36. The number of imidazole rings is 1. The average molecular weight is 425 g/mol. The van der Waals surface area contributed by atoms with Gasteiger partial charge in [-0.3, -0.25) is 14.2 Å². The zero-order valence-electron chi connectivity index (χ0n) is 18.2. The Balaban J connectivity index is 1.86. The number of amides is 1. The SMILES string of the molecule is CCCCc1ccc(N2C[C@H](C)Cn3c2nc2c3c(=O)n(CC(N)=O)c(=O)n2C)cc1. The van der Waals surface area contributed by atoms with Crippen LogP contribution in [0.2, 0.25) is 0 Å².